The van der Waals surface area contributed by atoms with Crippen molar-refractivity contribution in [3.05, 3.63) is 64.3 Å². The molecule has 3 N–H and O–H groups in total. The van der Waals surface area contributed by atoms with E-state index >= 15 is 4.39 Å². The summed E-state index contributed by atoms with van der Waals surface area (Å²) in [5, 5.41) is 22.3. The van der Waals surface area contributed by atoms with E-state index in [2.05, 4.69) is 32.4 Å². The second kappa shape index (κ2) is 9.96. The molecule has 8 nitrogen and oxygen atoms in total. The van der Waals surface area contributed by atoms with E-state index in [1.807, 2.05) is 30.0 Å². The van der Waals surface area contributed by atoms with Gasteiger partial charge in [0.05, 0.1) is 26.7 Å². The van der Waals surface area contributed by atoms with Crippen molar-refractivity contribution in [1.82, 2.24) is 25.5 Å². The Balaban J connectivity index is 1.34. The van der Waals surface area contributed by atoms with Crippen molar-refractivity contribution in [2.24, 2.45) is 0 Å². The number of anilines is 1. The molecule has 1 saturated heterocycles. The minimum Gasteiger partial charge on any atom is -0.486 e. The van der Waals surface area contributed by atoms with Crippen LogP contribution in [-0.2, 0) is 0 Å². The summed E-state index contributed by atoms with van der Waals surface area (Å²) in [6, 6.07) is 6.96. The summed E-state index contributed by atoms with van der Waals surface area (Å²) < 4.78 is 21.3. The van der Waals surface area contributed by atoms with E-state index in [0.717, 1.165) is 10.9 Å². The van der Waals surface area contributed by atoms with Gasteiger partial charge in [-0.15, -0.1) is 0 Å². The van der Waals surface area contributed by atoms with Crippen molar-refractivity contribution in [2.45, 2.75) is 44.9 Å². The summed E-state index contributed by atoms with van der Waals surface area (Å²) in [6.07, 6.45) is 4.25. The van der Waals surface area contributed by atoms with E-state index in [1.165, 1.54) is 18.5 Å². The topological polar surface area (TPSA) is 99.2 Å². The average Bonchev–Trinajstić information content (AvgIpc) is 3.24. The molecule has 0 bridgehead atoms. The number of aliphatic hydroxyl groups is 1. The van der Waals surface area contributed by atoms with Crippen LogP contribution < -0.4 is 15.0 Å². The smallest absolute Gasteiger partial charge is 0.166 e. The Labute approximate surface area is 230 Å². The number of benzene rings is 1. The quantitative estimate of drug-likeness (QED) is 0.261. The van der Waals surface area contributed by atoms with Crippen LogP contribution in [0, 0.1) is 5.82 Å². The zero-order chi connectivity index (χ0) is 27.2. The van der Waals surface area contributed by atoms with Crippen LogP contribution in [0.1, 0.15) is 39.4 Å². The molecule has 1 aromatic carbocycles. The normalized spacial score (nSPS) is 15.9. The van der Waals surface area contributed by atoms with E-state index in [1.54, 1.807) is 20.0 Å². The molecule has 1 fully saturated rings. The number of β-amino-alcohol motifs (C(OH)–C–C–N with tert-alkyl or cyclic N) is 1. The van der Waals surface area contributed by atoms with E-state index in [4.69, 9.17) is 27.9 Å². The summed E-state index contributed by atoms with van der Waals surface area (Å²) >= 11 is 12.6. The fourth-order valence-electron chi connectivity index (χ4n) is 4.64. The lowest BCUT2D eigenvalue weighted by molar-refractivity contribution is 0.0664. The van der Waals surface area contributed by atoms with Gasteiger partial charge < -0.3 is 20.1 Å². The van der Waals surface area contributed by atoms with Gasteiger partial charge in [-0.25, -0.2) is 9.37 Å². The fourth-order valence-corrected chi connectivity index (χ4v) is 5.31. The Kier molecular flexibility index (Phi) is 6.98. The largest absolute Gasteiger partial charge is 0.486 e. The molecule has 1 aliphatic rings. The molecule has 4 heterocycles. The molecule has 0 unspecified atom stereocenters. The number of aromatic nitrogens is 4. The van der Waals surface area contributed by atoms with Gasteiger partial charge in [0, 0.05) is 54.7 Å². The number of pyridine rings is 2. The highest BCUT2D eigenvalue weighted by molar-refractivity contribution is 6.35. The second-order valence-corrected chi connectivity index (χ2v) is 11.5. The number of hydrogen-bond donors (Lipinski definition) is 3. The summed E-state index contributed by atoms with van der Waals surface area (Å²) in [4.78, 5) is 10.3. The predicted octanol–water partition coefficient (Wildman–Crippen LogP) is 5.55. The molecule has 0 saturated carbocycles. The number of halogens is 3. The molecule has 1 atom stereocenters. The van der Waals surface area contributed by atoms with E-state index < -0.39 is 17.5 Å². The van der Waals surface area contributed by atoms with Gasteiger partial charge in [0.15, 0.2) is 11.6 Å². The Bertz CT molecular complexity index is 1460. The molecule has 200 valence electrons. The highest BCUT2D eigenvalue weighted by Gasteiger charge is 2.40. The van der Waals surface area contributed by atoms with Crippen LogP contribution in [0.2, 0.25) is 10.0 Å². The van der Waals surface area contributed by atoms with Crippen molar-refractivity contribution in [3.63, 3.8) is 0 Å². The van der Waals surface area contributed by atoms with Crippen LogP contribution >= 0.6 is 23.2 Å². The Hall–Kier alpha value is -2.98. The zero-order valence-corrected chi connectivity index (χ0v) is 23.0. The number of ether oxygens (including phenoxy) is 1. The Morgan fingerprint density at radius 2 is 1.92 bits per heavy atom. The number of nitrogens with zero attached hydrogens (tertiary/aromatic N) is 4. The molecule has 0 radical (unpaired) electrons. The van der Waals surface area contributed by atoms with Gasteiger partial charge >= 0.3 is 0 Å². The van der Waals surface area contributed by atoms with E-state index in [0.29, 0.717) is 58.1 Å². The number of aromatic amines is 1. The zero-order valence-electron chi connectivity index (χ0n) is 21.5. The number of nitrogens with one attached hydrogen (secondary N) is 2. The Morgan fingerprint density at radius 1 is 1.21 bits per heavy atom. The highest BCUT2D eigenvalue weighted by Crippen LogP contribution is 2.36. The van der Waals surface area contributed by atoms with Gasteiger partial charge in [0.25, 0.3) is 0 Å². The Morgan fingerprint density at radius 3 is 2.58 bits per heavy atom. The van der Waals surface area contributed by atoms with Gasteiger partial charge in [-0.3, -0.25) is 10.1 Å². The van der Waals surface area contributed by atoms with Crippen LogP contribution in [0.15, 0.2) is 42.9 Å². The predicted molar refractivity (Wildman–Crippen MR) is 148 cm³/mol. The van der Waals surface area contributed by atoms with Crippen molar-refractivity contribution >= 4 is 39.9 Å². The molecule has 1 aliphatic heterocycles. The van der Waals surface area contributed by atoms with Gasteiger partial charge in [0.2, 0.25) is 0 Å². The third kappa shape index (κ3) is 5.42. The molecular formula is C27H29Cl2FN6O2. The van der Waals surface area contributed by atoms with Gasteiger partial charge in [-0.1, -0.05) is 23.2 Å². The molecule has 0 amide bonds. The van der Waals surface area contributed by atoms with E-state index in [9.17, 15) is 5.11 Å². The first-order valence-electron chi connectivity index (χ1n) is 12.2. The molecule has 5 rings (SSSR count). The van der Waals surface area contributed by atoms with Crippen molar-refractivity contribution < 1.29 is 14.2 Å². The summed E-state index contributed by atoms with van der Waals surface area (Å²) in [5.41, 5.74) is 1.51. The third-order valence-corrected chi connectivity index (χ3v) is 7.17. The lowest BCUT2D eigenvalue weighted by atomic mass is 9.91. The fraction of sp³-hybridized carbons (Fsp3) is 0.370. The SMILES string of the molecule is C[C@@H](Oc1ccc2[nH]nc(-c3cnc(N4CC(C)(NCC(C)(C)O)C4)c(F)c3)c2c1)c1c(Cl)cncc1Cl. The van der Waals surface area contributed by atoms with Crippen LogP contribution in [0.5, 0.6) is 5.75 Å². The molecular weight excluding hydrogens is 530 g/mol. The molecule has 0 aliphatic carbocycles. The third-order valence-electron chi connectivity index (χ3n) is 6.57. The lowest BCUT2D eigenvalue weighted by Crippen LogP contribution is -2.69. The molecule has 0 spiro atoms. The molecule has 3 aromatic heterocycles. The van der Waals surface area contributed by atoms with E-state index in [-0.39, 0.29) is 5.54 Å². The first-order valence-corrected chi connectivity index (χ1v) is 13.0. The average molecular weight is 559 g/mol. The second-order valence-electron chi connectivity index (χ2n) is 10.7. The first-order chi connectivity index (χ1) is 17.9. The highest BCUT2D eigenvalue weighted by atomic mass is 35.5. The summed E-state index contributed by atoms with van der Waals surface area (Å²) in [5.74, 6) is 0.450. The van der Waals surface area contributed by atoms with Crippen LogP contribution in [-0.4, -0.2) is 56.0 Å². The number of hydrogen-bond acceptors (Lipinski definition) is 7. The minimum absolute atomic E-state index is 0.219. The van der Waals surface area contributed by atoms with Crippen LogP contribution in [0.3, 0.4) is 0 Å². The molecule has 4 aromatic rings. The maximum Gasteiger partial charge on any atom is 0.166 e. The monoisotopic (exact) mass is 558 g/mol. The number of fused-ring (bicyclic) bond motifs is 1. The molecule has 38 heavy (non-hydrogen) atoms. The van der Waals surface area contributed by atoms with Crippen molar-refractivity contribution in [1.29, 1.82) is 0 Å². The van der Waals surface area contributed by atoms with Gasteiger partial charge in [0.1, 0.15) is 17.5 Å². The van der Waals surface area contributed by atoms with Crippen molar-refractivity contribution in [2.75, 3.05) is 24.5 Å². The van der Waals surface area contributed by atoms with Gasteiger partial charge in [-0.05, 0) is 52.0 Å². The molecule has 11 heteroatoms. The van der Waals surface area contributed by atoms with Gasteiger partial charge in [-0.2, -0.15) is 5.10 Å². The van der Waals surface area contributed by atoms with Crippen LogP contribution in [0.4, 0.5) is 10.2 Å². The van der Waals surface area contributed by atoms with Crippen LogP contribution in [0.25, 0.3) is 22.2 Å². The summed E-state index contributed by atoms with van der Waals surface area (Å²) in [6.45, 7) is 9.03. The maximum absolute atomic E-state index is 15.2. The maximum atomic E-state index is 15.2. The number of rotatable bonds is 8. The lowest BCUT2D eigenvalue weighted by Gasteiger charge is -2.50. The van der Waals surface area contributed by atoms with Crippen molar-refractivity contribution in [3.8, 4) is 17.0 Å². The standard InChI is InChI=1S/C27H29Cl2FN6O2/c1-15(23-19(28)10-31-11-20(23)29)38-17-5-6-22-18(8-17)24(35-34-22)16-7-21(30)25(32-9-16)36-13-27(4,14-36)33-12-26(2,3)37/h5-11,15,33,37H,12-14H2,1-4H3,(H,34,35)/t15-/m1/s1. The minimum atomic E-state index is -0.816. The number of H-pyrrole nitrogens is 1. The first kappa shape index (κ1) is 26.6. The summed E-state index contributed by atoms with van der Waals surface area (Å²) in [7, 11) is 0.